The van der Waals surface area contributed by atoms with Crippen LogP contribution in [0.2, 0.25) is 0 Å². The van der Waals surface area contributed by atoms with Gasteiger partial charge in [0.1, 0.15) is 5.82 Å². The van der Waals surface area contributed by atoms with Crippen molar-refractivity contribution in [3.63, 3.8) is 0 Å². The molecule has 5 heteroatoms. The molecule has 2 N–H and O–H groups in total. The highest BCUT2D eigenvalue weighted by Gasteiger charge is 2.42. The summed E-state index contributed by atoms with van der Waals surface area (Å²) in [5.41, 5.74) is 1.31. The summed E-state index contributed by atoms with van der Waals surface area (Å²) in [6.07, 6.45) is 9.82. The summed E-state index contributed by atoms with van der Waals surface area (Å²) in [7, 11) is 0. The van der Waals surface area contributed by atoms with Crippen LogP contribution < -0.4 is 10.6 Å². The van der Waals surface area contributed by atoms with Gasteiger partial charge in [0.2, 0.25) is 0 Å². The van der Waals surface area contributed by atoms with Gasteiger partial charge in [-0.1, -0.05) is 30.3 Å². The first kappa shape index (κ1) is 16.2. The topological polar surface area (TPSA) is 59.0 Å². The van der Waals surface area contributed by atoms with Crippen molar-refractivity contribution in [2.45, 2.75) is 51.2 Å². The van der Waals surface area contributed by atoms with Gasteiger partial charge in [-0.3, -0.25) is 0 Å². The van der Waals surface area contributed by atoms with Gasteiger partial charge in [0.15, 0.2) is 0 Å². The number of aromatic nitrogens is 2. The molecule has 1 aromatic carbocycles. The number of nitrogens with one attached hydrogen (secondary N) is 2. The Balaban J connectivity index is 1.26. The Bertz CT molecular complexity index is 691. The summed E-state index contributed by atoms with van der Waals surface area (Å²) in [6, 6.07) is 10.8. The van der Waals surface area contributed by atoms with E-state index in [1.807, 2.05) is 12.3 Å². The maximum absolute atomic E-state index is 12.2. The molecular formula is C20H26N4O. The maximum Gasteiger partial charge on any atom is 0.315 e. The first-order chi connectivity index (χ1) is 12.3. The van der Waals surface area contributed by atoms with E-state index in [2.05, 4.69) is 44.5 Å². The lowest BCUT2D eigenvalue weighted by Crippen LogP contribution is -2.44. The Morgan fingerprint density at radius 2 is 1.88 bits per heavy atom. The summed E-state index contributed by atoms with van der Waals surface area (Å²) in [6.45, 7) is 1.34. The van der Waals surface area contributed by atoms with Gasteiger partial charge in [-0.05, 0) is 49.5 Å². The lowest BCUT2D eigenvalue weighted by molar-refractivity contribution is 0.232. The Hall–Kier alpha value is -2.30. The molecule has 0 bridgehead atoms. The number of hydrogen-bond acceptors (Lipinski definition) is 2. The number of carbonyl (C=O) groups is 1. The molecule has 132 valence electrons. The second kappa shape index (κ2) is 7.30. The standard InChI is InChI=1S/C20H26N4O/c25-20(23-19(16-6-7-16)17-8-9-17)22-14-18-21-11-13-24(18)12-10-15-4-2-1-3-5-15/h1-5,11,13,16-17,19H,6-10,12,14H2,(H2,22,23,25). The lowest BCUT2D eigenvalue weighted by atomic mass is 10.1. The second-order valence-electron chi connectivity index (χ2n) is 7.30. The smallest absolute Gasteiger partial charge is 0.315 e. The first-order valence-corrected chi connectivity index (χ1v) is 9.38. The molecule has 0 atom stereocenters. The molecule has 0 spiro atoms. The van der Waals surface area contributed by atoms with Gasteiger partial charge in [0.05, 0.1) is 6.54 Å². The molecule has 4 rings (SSSR count). The van der Waals surface area contributed by atoms with E-state index >= 15 is 0 Å². The van der Waals surface area contributed by atoms with E-state index in [9.17, 15) is 4.79 Å². The average molecular weight is 338 g/mol. The summed E-state index contributed by atoms with van der Waals surface area (Å²) >= 11 is 0. The molecule has 25 heavy (non-hydrogen) atoms. The van der Waals surface area contributed by atoms with Gasteiger partial charge in [-0.2, -0.15) is 0 Å². The molecule has 0 radical (unpaired) electrons. The fraction of sp³-hybridized carbons (Fsp3) is 0.500. The molecule has 2 amide bonds. The zero-order chi connectivity index (χ0) is 17.1. The van der Waals surface area contributed by atoms with Crippen LogP contribution >= 0.6 is 0 Å². The highest BCUT2D eigenvalue weighted by molar-refractivity contribution is 5.74. The molecule has 2 aliphatic rings. The van der Waals surface area contributed by atoms with E-state index in [0.717, 1.165) is 18.8 Å². The van der Waals surface area contributed by atoms with Crippen LogP contribution in [0.15, 0.2) is 42.7 Å². The Labute approximate surface area is 148 Å². The van der Waals surface area contributed by atoms with Crippen molar-refractivity contribution in [3.8, 4) is 0 Å². The molecule has 2 aliphatic carbocycles. The summed E-state index contributed by atoms with van der Waals surface area (Å²) < 4.78 is 2.12. The van der Waals surface area contributed by atoms with E-state index in [4.69, 9.17) is 0 Å². The lowest BCUT2D eigenvalue weighted by Gasteiger charge is -2.18. The quantitative estimate of drug-likeness (QED) is 0.777. The fourth-order valence-electron chi connectivity index (χ4n) is 3.50. The van der Waals surface area contributed by atoms with Crippen LogP contribution in [0.1, 0.15) is 37.1 Å². The number of benzene rings is 1. The van der Waals surface area contributed by atoms with Crippen molar-refractivity contribution in [2.24, 2.45) is 11.8 Å². The minimum Gasteiger partial charge on any atom is -0.335 e. The highest BCUT2D eigenvalue weighted by atomic mass is 16.2. The zero-order valence-electron chi connectivity index (χ0n) is 14.5. The first-order valence-electron chi connectivity index (χ1n) is 9.38. The van der Waals surface area contributed by atoms with Gasteiger partial charge in [-0.15, -0.1) is 0 Å². The van der Waals surface area contributed by atoms with E-state index in [1.165, 1.54) is 31.2 Å². The van der Waals surface area contributed by atoms with Crippen LogP contribution in [-0.2, 0) is 19.5 Å². The number of hydrogen-bond donors (Lipinski definition) is 2. The number of amides is 2. The summed E-state index contributed by atoms with van der Waals surface area (Å²) in [4.78, 5) is 16.6. The van der Waals surface area contributed by atoms with Crippen molar-refractivity contribution in [3.05, 3.63) is 54.1 Å². The average Bonchev–Trinajstić information content (AvgIpc) is 3.56. The van der Waals surface area contributed by atoms with E-state index in [-0.39, 0.29) is 6.03 Å². The van der Waals surface area contributed by atoms with Crippen molar-refractivity contribution < 1.29 is 4.79 Å². The molecule has 5 nitrogen and oxygen atoms in total. The normalized spacial score (nSPS) is 16.8. The Kier molecular flexibility index (Phi) is 4.72. The Morgan fingerprint density at radius 1 is 1.16 bits per heavy atom. The molecule has 2 saturated carbocycles. The van der Waals surface area contributed by atoms with Crippen LogP contribution in [0.4, 0.5) is 4.79 Å². The molecule has 0 unspecified atom stereocenters. The summed E-state index contributed by atoms with van der Waals surface area (Å²) in [5.74, 6) is 2.33. The molecule has 0 saturated heterocycles. The minimum absolute atomic E-state index is 0.0543. The number of nitrogens with zero attached hydrogens (tertiary/aromatic N) is 2. The number of urea groups is 1. The van der Waals surface area contributed by atoms with E-state index in [1.54, 1.807) is 6.20 Å². The predicted molar refractivity (Wildman–Crippen MR) is 97.0 cm³/mol. The third-order valence-corrected chi connectivity index (χ3v) is 5.25. The molecule has 0 aliphatic heterocycles. The van der Waals surface area contributed by atoms with Crippen LogP contribution in [0.3, 0.4) is 0 Å². The van der Waals surface area contributed by atoms with E-state index in [0.29, 0.717) is 24.4 Å². The number of aryl methyl sites for hydroxylation is 2. The monoisotopic (exact) mass is 338 g/mol. The van der Waals surface area contributed by atoms with Crippen molar-refractivity contribution >= 4 is 6.03 Å². The van der Waals surface area contributed by atoms with Gasteiger partial charge < -0.3 is 15.2 Å². The van der Waals surface area contributed by atoms with Gasteiger partial charge in [-0.25, -0.2) is 9.78 Å². The SMILES string of the molecule is O=C(NCc1nccn1CCc1ccccc1)NC(C1CC1)C1CC1. The van der Waals surface area contributed by atoms with Crippen molar-refractivity contribution in [1.82, 2.24) is 20.2 Å². The Morgan fingerprint density at radius 3 is 2.56 bits per heavy atom. The van der Waals surface area contributed by atoms with Crippen LogP contribution in [0.25, 0.3) is 0 Å². The number of rotatable bonds is 8. The van der Waals surface area contributed by atoms with Crippen LogP contribution in [0.5, 0.6) is 0 Å². The van der Waals surface area contributed by atoms with Crippen LogP contribution in [-0.4, -0.2) is 21.6 Å². The number of imidazole rings is 1. The molecule has 1 heterocycles. The van der Waals surface area contributed by atoms with Gasteiger partial charge in [0, 0.05) is 25.0 Å². The zero-order valence-corrected chi connectivity index (χ0v) is 14.5. The third-order valence-electron chi connectivity index (χ3n) is 5.25. The second-order valence-corrected chi connectivity index (χ2v) is 7.30. The fourth-order valence-corrected chi connectivity index (χ4v) is 3.50. The van der Waals surface area contributed by atoms with Gasteiger partial charge >= 0.3 is 6.03 Å². The van der Waals surface area contributed by atoms with E-state index < -0.39 is 0 Å². The molecule has 1 aromatic heterocycles. The number of carbonyl (C=O) groups excluding carboxylic acids is 1. The van der Waals surface area contributed by atoms with Crippen molar-refractivity contribution in [2.75, 3.05) is 0 Å². The summed E-state index contributed by atoms with van der Waals surface area (Å²) in [5, 5.41) is 6.18. The third kappa shape index (κ3) is 4.41. The largest absolute Gasteiger partial charge is 0.335 e. The van der Waals surface area contributed by atoms with Crippen LogP contribution in [0, 0.1) is 11.8 Å². The maximum atomic E-state index is 12.2. The van der Waals surface area contributed by atoms with Gasteiger partial charge in [0.25, 0.3) is 0 Å². The highest BCUT2D eigenvalue weighted by Crippen LogP contribution is 2.44. The molecular weight excluding hydrogens is 312 g/mol. The van der Waals surface area contributed by atoms with Crippen molar-refractivity contribution in [1.29, 1.82) is 0 Å². The molecule has 2 fully saturated rings. The molecule has 2 aromatic rings. The predicted octanol–water partition coefficient (Wildman–Crippen LogP) is 3.11. The minimum atomic E-state index is -0.0543.